The Bertz CT molecular complexity index is 528. The van der Waals surface area contributed by atoms with Crippen molar-refractivity contribution in [2.75, 3.05) is 20.3 Å². The van der Waals surface area contributed by atoms with Gasteiger partial charge in [0.15, 0.2) is 0 Å². The molecule has 1 aromatic carbocycles. The number of oxime groups is 1. The van der Waals surface area contributed by atoms with Crippen LogP contribution in [0.5, 0.6) is 0 Å². The van der Waals surface area contributed by atoms with Gasteiger partial charge in [-0.1, -0.05) is 17.3 Å². The van der Waals surface area contributed by atoms with Gasteiger partial charge < -0.3 is 15.3 Å². The number of hydrogen-bond donors (Lipinski definition) is 1. The second-order valence-corrected chi connectivity index (χ2v) is 4.66. The third kappa shape index (κ3) is 6.68. The van der Waals surface area contributed by atoms with Crippen LogP contribution < -0.4 is 5.73 Å². The van der Waals surface area contributed by atoms with Crippen LogP contribution in [-0.4, -0.2) is 31.9 Å². The van der Waals surface area contributed by atoms with Crippen LogP contribution >= 0.6 is 0 Å². The lowest BCUT2D eigenvalue weighted by molar-refractivity contribution is -0.140. The van der Waals surface area contributed by atoms with Crippen molar-refractivity contribution in [2.45, 2.75) is 25.4 Å². The summed E-state index contributed by atoms with van der Waals surface area (Å²) in [5.41, 5.74) is 5.52. The molecule has 0 bridgehead atoms. The summed E-state index contributed by atoms with van der Waals surface area (Å²) in [6.45, 7) is 0.465. The SMILES string of the molecule is COC(=O)CCCC(=NOCCN)c1ccc(C(F)(F)F)cc1. The Labute approximate surface area is 132 Å². The molecule has 0 atom stereocenters. The fraction of sp³-hybridized carbons (Fsp3) is 0.467. The van der Waals surface area contributed by atoms with Gasteiger partial charge >= 0.3 is 12.1 Å². The molecule has 0 heterocycles. The summed E-state index contributed by atoms with van der Waals surface area (Å²) in [5.74, 6) is -0.361. The topological polar surface area (TPSA) is 73.9 Å². The number of methoxy groups -OCH3 is 1. The van der Waals surface area contributed by atoms with E-state index in [0.717, 1.165) is 12.1 Å². The molecule has 0 saturated heterocycles. The van der Waals surface area contributed by atoms with Crippen molar-refractivity contribution in [1.82, 2.24) is 0 Å². The molecule has 0 aliphatic heterocycles. The van der Waals surface area contributed by atoms with E-state index in [1.807, 2.05) is 0 Å². The van der Waals surface area contributed by atoms with Gasteiger partial charge in [-0.2, -0.15) is 13.2 Å². The molecule has 0 aromatic heterocycles. The van der Waals surface area contributed by atoms with Crippen LogP contribution in [0, 0.1) is 0 Å². The van der Waals surface area contributed by atoms with Gasteiger partial charge in [-0.15, -0.1) is 0 Å². The third-order valence-corrected chi connectivity index (χ3v) is 2.95. The predicted octanol–water partition coefficient (Wildman–Crippen LogP) is 2.73. The van der Waals surface area contributed by atoms with Crippen molar-refractivity contribution in [1.29, 1.82) is 0 Å². The zero-order valence-electron chi connectivity index (χ0n) is 12.7. The Kier molecular flexibility index (Phi) is 7.53. The second-order valence-electron chi connectivity index (χ2n) is 4.66. The Morgan fingerprint density at radius 3 is 2.39 bits per heavy atom. The zero-order valence-corrected chi connectivity index (χ0v) is 12.7. The summed E-state index contributed by atoms with van der Waals surface area (Å²) >= 11 is 0. The third-order valence-electron chi connectivity index (χ3n) is 2.95. The molecule has 0 unspecified atom stereocenters. The van der Waals surface area contributed by atoms with Crippen molar-refractivity contribution in [2.24, 2.45) is 10.9 Å². The predicted molar refractivity (Wildman–Crippen MR) is 78.9 cm³/mol. The number of alkyl halides is 3. The molecular formula is C15H19F3N2O3. The first-order valence-corrected chi connectivity index (χ1v) is 7.02. The highest BCUT2D eigenvalue weighted by atomic mass is 19.4. The Morgan fingerprint density at radius 1 is 1.22 bits per heavy atom. The summed E-state index contributed by atoms with van der Waals surface area (Å²) in [7, 11) is 1.29. The Hall–Kier alpha value is -2.09. The highest BCUT2D eigenvalue weighted by Crippen LogP contribution is 2.29. The van der Waals surface area contributed by atoms with Gasteiger partial charge in [0.1, 0.15) is 6.61 Å². The lowest BCUT2D eigenvalue weighted by atomic mass is 10.0. The molecule has 0 amide bonds. The molecule has 23 heavy (non-hydrogen) atoms. The summed E-state index contributed by atoms with van der Waals surface area (Å²) in [6, 6.07) is 4.61. The lowest BCUT2D eigenvalue weighted by Crippen LogP contribution is -2.10. The second kappa shape index (κ2) is 9.14. The van der Waals surface area contributed by atoms with Gasteiger partial charge in [0.25, 0.3) is 0 Å². The molecule has 0 aliphatic rings. The van der Waals surface area contributed by atoms with Gasteiger partial charge in [0, 0.05) is 13.0 Å². The van der Waals surface area contributed by atoms with Crippen molar-refractivity contribution in [3.8, 4) is 0 Å². The highest BCUT2D eigenvalue weighted by molar-refractivity contribution is 6.00. The quantitative estimate of drug-likeness (QED) is 0.344. The fourth-order valence-corrected chi connectivity index (χ4v) is 1.77. The maximum absolute atomic E-state index is 12.6. The molecule has 0 aliphatic carbocycles. The lowest BCUT2D eigenvalue weighted by Gasteiger charge is -2.10. The Morgan fingerprint density at radius 2 is 1.87 bits per heavy atom. The molecule has 1 aromatic rings. The normalized spacial score (nSPS) is 12.1. The monoisotopic (exact) mass is 332 g/mol. The van der Waals surface area contributed by atoms with Crippen LogP contribution in [0.4, 0.5) is 13.2 Å². The number of ether oxygens (including phenoxy) is 1. The number of rotatable bonds is 8. The summed E-state index contributed by atoms with van der Waals surface area (Å²) in [6.07, 6.45) is -3.40. The van der Waals surface area contributed by atoms with Crippen molar-refractivity contribution in [3.05, 3.63) is 35.4 Å². The number of carbonyl (C=O) groups is 1. The van der Waals surface area contributed by atoms with Crippen LogP contribution in [0.25, 0.3) is 0 Å². The first-order valence-electron chi connectivity index (χ1n) is 7.02. The largest absolute Gasteiger partial charge is 0.469 e. The summed E-state index contributed by atoms with van der Waals surface area (Å²) in [5, 5.41) is 3.90. The molecule has 0 radical (unpaired) electrons. The number of esters is 1. The molecule has 5 nitrogen and oxygen atoms in total. The first-order chi connectivity index (χ1) is 10.9. The first kappa shape index (κ1) is 19.0. The van der Waals surface area contributed by atoms with Gasteiger partial charge in [0.05, 0.1) is 18.4 Å². The molecule has 2 N–H and O–H groups in total. The summed E-state index contributed by atoms with van der Waals surface area (Å²) in [4.78, 5) is 16.1. The van der Waals surface area contributed by atoms with E-state index >= 15 is 0 Å². The number of halogens is 3. The maximum atomic E-state index is 12.6. The smallest absolute Gasteiger partial charge is 0.416 e. The van der Waals surface area contributed by atoms with E-state index in [2.05, 4.69) is 9.89 Å². The van der Waals surface area contributed by atoms with Gasteiger partial charge in [-0.3, -0.25) is 4.79 Å². The standard InChI is InChI=1S/C15H19F3N2O3/c1-22-14(21)4-2-3-13(20-23-10-9-19)11-5-7-12(8-6-11)15(16,17)18/h5-8H,2-4,9-10,19H2,1H3. The van der Waals surface area contributed by atoms with Crippen LogP contribution in [0.1, 0.15) is 30.4 Å². The average Bonchev–Trinajstić information content (AvgIpc) is 2.52. The van der Waals surface area contributed by atoms with E-state index in [4.69, 9.17) is 10.6 Å². The minimum Gasteiger partial charge on any atom is -0.469 e. The molecular weight excluding hydrogens is 313 g/mol. The van der Waals surface area contributed by atoms with Crippen molar-refractivity contribution < 1.29 is 27.5 Å². The van der Waals surface area contributed by atoms with Crippen LogP contribution in [0.15, 0.2) is 29.4 Å². The number of benzene rings is 1. The maximum Gasteiger partial charge on any atom is 0.416 e. The van der Waals surface area contributed by atoms with Crippen molar-refractivity contribution in [3.63, 3.8) is 0 Å². The molecule has 0 spiro atoms. The van der Waals surface area contributed by atoms with E-state index in [0.29, 0.717) is 24.1 Å². The average molecular weight is 332 g/mol. The highest BCUT2D eigenvalue weighted by Gasteiger charge is 2.30. The number of nitrogens with zero attached hydrogens (tertiary/aromatic N) is 1. The van der Waals surface area contributed by atoms with E-state index in [-0.39, 0.29) is 25.5 Å². The molecule has 0 saturated carbocycles. The summed E-state index contributed by atoms with van der Waals surface area (Å²) < 4.78 is 42.3. The number of hydrogen-bond acceptors (Lipinski definition) is 5. The molecule has 0 fully saturated rings. The minimum atomic E-state index is -4.39. The Balaban J connectivity index is 2.82. The van der Waals surface area contributed by atoms with Gasteiger partial charge in [-0.25, -0.2) is 0 Å². The van der Waals surface area contributed by atoms with Crippen LogP contribution in [0.2, 0.25) is 0 Å². The minimum absolute atomic E-state index is 0.188. The van der Waals surface area contributed by atoms with E-state index in [1.165, 1.54) is 19.2 Å². The van der Waals surface area contributed by atoms with E-state index in [9.17, 15) is 18.0 Å². The fourth-order valence-electron chi connectivity index (χ4n) is 1.77. The van der Waals surface area contributed by atoms with Crippen LogP contribution in [-0.2, 0) is 20.5 Å². The van der Waals surface area contributed by atoms with Gasteiger partial charge in [0.2, 0.25) is 0 Å². The van der Waals surface area contributed by atoms with Crippen molar-refractivity contribution >= 4 is 11.7 Å². The van der Waals surface area contributed by atoms with E-state index in [1.54, 1.807) is 0 Å². The van der Waals surface area contributed by atoms with Gasteiger partial charge in [-0.05, 0) is 30.5 Å². The number of nitrogens with two attached hydrogens (primary N) is 1. The molecule has 128 valence electrons. The van der Waals surface area contributed by atoms with Crippen LogP contribution in [0.3, 0.4) is 0 Å². The zero-order chi connectivity index (χ0) is 17.3. The number of carbonyl (C=O) groups excluding carboxylic acids is 1. The molecule has 1 rings (SSSR count). The van der Waals surface area contributed by atoms with E-state index < -0.39 is 11.7 Å². The molecule has 8 heteroatoms.